The summed E-state index contributed by atoms with van der Waals surface area (Å²) in [6.45, 7) is 2.07. The molecule has 0 radical (unpaired) electrons. The summed E-state index contributed by atoms with van der Waals surface area (Å²) in [5, 5.41) is 30.6. The molecule has 0 spiro atoms. The number of aryl methyl sites for hydroxylation is 1. The molecule has 1 aromatic carbocycles. The molecule has 2 aliphatic rings. The van der Waals surface area contributed by atoms with Gasteiger partial charge in [-0.1, -0.05) is 0 Å². The van der Waals surface area contributed by atoms with Crippen LogP contribution in [0.5, 0.6) is 5.75 Å². The van der Waals surface area contributed by atoms with Gasteiger partial charge in [0.2, 0.25) is 5.60 Å². The largest absolute Gasteiger partial charge is 0.486 e. The van der Waals surface area contributed by atoms with Crippen molar-refractivity contribution in [1.82, 2.24) is 5.32 Å². The maximum absolute atomic E-state index is 11.5. The number of aliphatic hydroxyl groups is 1. The Hall–Kier alpha value is -2.20. The quantitative estimate of drug-likeness (QED) is 0.207. The average Bonchev–Trinajstić information content (AvgIpc) is 2.70. The maximum atomic E-state index is 11.5. The third-order valence-corrected chi connectivity index (χ3v) is 6.30. The van der Waals surface area contributed by atoms with E-state index in [0.717, 1.165) is 30.4 Å². The Kier molecular flexibility index (Phi) is 6.13. The molecular formula is C20H30N4O5. The number of ether oxygens (including phenoxy) is 1. The Balaban J connectivity index is 1.63. The highest BCUT2D eigenvalue weighted by molar-refractivity contribution is 5.97. The van der Waals surface area contributed by atoms with Crippen LogP contribution in [-0.2, 0) is 16.1 Å². The van der Waals surface area contributed by atoms with Gasteiger partial charge in [0.25, 0.3) is 0 Å². The SMILES string of the molecule is C[C@@](ON)(C(=O)O)[C@H]1CCc2cc(C(=N)N[C@H]3C[C@@](CO)(CCN)C3)ccc2O1. The van der Waals surface area contributed by atoms with E-state index in [0.29, 0.717) is 31.0 Å². The molecule has 1 fully saturated rings. The van der Waals surface area contributed by atoms with E-state index in [1.807, 2.05) is 6.07 Å². The van der Waals surface area contributed by atoms with Crippen LogP contribution in [0.4, 0.5) is 0 Å². The monoisotopic (exact) mass is 406 g/mol. The lowest BCUT2D eigenvalue weighted by molar-refractivity contribution is -0.179. The van der Waals surface area contributed by atoms with E-state index in [1.165, 1.54) is 6.92 Å². The van der Waals surface area contributed by atoms with Gasteiger partial charge in [-0.2, -0.15) is 0 Å². The Morgan fingerprint density at radius 2 is 2.21 bits per heavy atom. The van der Waals surface area contributed by atoms with E-state index >= 15 is 0 Å². The zero-order valence-electron chi connectivity index (χ0n) is 16.6. The molecule has 9 heteroatoms. The Morgan fingerprint density at radius 1 is 1.48 bits per heavy atom. The van der Waals surface area contributed by atoms with Gasteiger partial charge in [-0.3, -0.25) is 10.2 Å². The van der Waals surface area contributed by atoms with E-state index in [9.17, 15) is 15.0 Å². The molecule has 0 saturated heterocycles. The number of carboxylic acids is 1. The van der Waals surface area contributed by atoms with Gasteiger partial charge >= 0.3 is 5.97 Å². The Bertz CT molecular complexity index is 780. The normalized spacial score (nSPS) is 27.7. The van der Waals surface area contributed by atoms with Crippen molar-refractivity contribution in [2.24, 2.45) is 17.0 Å². The first-order valence-corrected chi connectivity index (χ1v) is 9.84. The number of carbonyl (C=O) groups is 1. The summed E-state index contributed by atoms with van der Waals surface area (Å²) in [5.74, 6) is 4.94. The second-order valence-corrected chi connectivity index (χ2v) is 8.32. The zero-order chi connectivity index (χ0) is 21.2. The van der Waals surface area contributed by atoms with Gasteiger partial charge in [0.15, 0.2) is 0 Å². The number of amidine groups is 1. The van der Waals surface area contributed by atoms with E-state index in [2.05, 4.69) is 5.32 Å². The molecule has 1 aliphatic heterocycles. The minimum absolute atomic E-state index is 0.118. The number of hydrogen-bond acceptors (Lipinski definition) is 7. The molecule has 0 unspecified atom stereocenters. The van der Waals surface area contributed by atoms with E-state index in [4.69, 9.17) is 26.6 Å². The minimum Gasteiger partial charge on any atom is -0.486 e. The van der Waals surface area contributed by atoms with Crippen molar-refractivity contribution in [2.45, 2.75) is 56.8 Å². The molecule has 1 aromatic rings. The second-order valence-electron chi connectivity index (χ2n) is 8.32. The van der Waals surface area contributed by atoms with Gasteiger partial charge < -0.3 is 26.0 Å². The standard InChI is InChI=1S/C20H30N4O5/c1-19(29-23,18(26)27)16-5-3-12-8-13(2-4-15(12)28-16)17(22)24-14-9-20(10-14,11-25)6-7-21/h2,4,8,14,16,25H,3,5-7,9-11,21,23H2,1H3,(H2,22,24)(H,26,27)/t14-,16-,19+,20-/m1/s1. The predicted molar refractivity (Wildman–Crippen MR) is 107 cm³/mol. The van der Waals surface area contributed by atoms with Crippen molar-refractivity contribution in [3.63, 3.8) is 0 Å². The van der Waals surface area contributed by atoms with Crippen molar-refractivity contribution >= 4 is 11.8 Å². The van der Waals surface area contributed by atoms with Gasteiger partial charge in [0.05, 0.1) is 0 Å². The van der Waals surface area contributed by atoms with Gasteiger partial charge in [0, 0.05) is 18.2 Å². The molecule has 1 heterocycles. The van der Waals surface area contributed by atoms with Crippen molar-refractivity contribution in [1.29, 1.82) is 5.41 Å². The summed E-state index contributed by atoms with van der Waals surface area (Å²) in [5.41, 5.74) is 5.54. The number of fused-ring (bicyclic) bond motifs is 1. The van der Waals surface area contributed by atoms with E-state index < -0.39 is 17.7 Å². The molecule has 0 aromatic heterocycles. The number of nitrogens with two attached hydrogens (primary N) is 2. The number of nitrogens with one attached hydrogen (secondary N) is 2. The number of aliphatic carboxylic acids is 1. The van der Waals surface area contributed by atoms with Crippen molar-refractivity contribution in [2.75, 3.05) is 13.2 Å². The molecule has 2 atom stereocenters. The minimum atomic E-state index is -1.63. The van der Waals surface area contributed by atoms with Crippen molar-refractivity contribution in [3.8, 4) is 5.75 Å². The summed E-state index contributed by atoms with van der Waals surface area (Å²) in [6, 6.07) is 5.56. The van der Waals surface area contributed by atoms with Gasteiger partial charge in [-0.05, 0) is 74.8 Å². The number of rotatable bonds is 8. The lowest BCUT2D eigenvalue weighted by atomic mass is 9.64. The molecule has 1 aliphatic carbocycles. The van der Waals surface area contributed by atoms with Crippen LogP contribution in [0.2, 0.25) is 0 Å². The van der Waals surface area contributed by atoms with Crippen LogP contribution in [0.15, 0.2) is 18.2 Å². The highest BCUT2D eigenvalue weighted by Gasteiger charge is 2.46. The molecule has 8 N–H and O–H groups in total. The number of aliphatic hydroxyl groups excluding tert-OH is 1. The molecule has 0 bridgehead atoms. The lowest BCUT2D eigenvalue weighted by Crippen LogP contribution is -2.54. The van der Waals surface area contributed by atoms with Crippen LogP contribution >= 0.6 is 0 Å². The third-order valence-electron chi connectivity index (χ3n) is 6.30. The summed E-state index contributed by atoms with van der Waals surface area (Å²) in [6.07, 6.45) is 2.72. The predicted octanol–water partition coefficient (Wildman–Crippen LogP) is 0.519. The smallest absolute Gasteiger partial charge is 0.341 e. The van der Waals surface area contributed by atoms with Gasteiger partial charge in [-0.15, -0.1) is 0 Å². The Labute approximate surface area is 169 Å². The summed E-state index contributed by atoms with van der Waals surface area (Å²) in [4.78, 5) is 16.2. The van der Waals surface area contributed by atoms with E-state index in [-0.39, 0.29) is 18.1 Å². The summed E-state index contributed by atoms with van der Waals surface area (Å²) in [7, 11) is 0. The summed E-state index contributed by atoms with van der Waals surface area (Å²) < 4.78 is 5.85. The number of hydrogen-bond donors (Lipinski definition) is 6. The molecule has 9 nitrogen and oxygen atoms in total. The average molecular weight is 406 g/mol. The molecule has 0 amide bonds. The number of benzene rings is 1. The molecule has 1 saturated carbocycles. The van der Waals surface area contributed by atoms with Crippen LogP contribution in [0, 0.1) is 10.8 Å². The second kappa shape index (κ2) is 8.27. The maximum Gasteiger partial charge on any atom is 0.341 e. The van der Waals surface area contributed by atoms with Crippen LogP contribution < -0.4 is 21.7 Å². The lowest BCUT2D eigenvalue weighted by Gasteiger charge is -2.47. The highest BCUT2D eigenvalue weighted by atomic mass is 16.7. The van der Waals surface area contributed by atoms with Crippen LogP contribution in [0.3, 0.4) is 0 Å². The first-order valence-electron chi connectivity index (χ1n) is 9.84. The fourth-order valence-electron chi connectivity index (χ4n) is 4.29. The van der Waals surface area contributed by atoms with Crippen molar-refractivity contribution in [3.05, 3.63) is 29.3 Å². The number of carboxylic acid groups (broad SMARTS) is 1. The first kappa shape index (κ1) is 21.5. The van der Waals surface area contributed by atoms with Gasteiger partial charge in [-0.25, -0.2) is 10.7 Å². The third kappa shape index (κ3) is 4.09. The topological polar surface area (TPSA) is 164 Å². The van der Waals surface area contributed by atoms with E-state index in [1.54, 1.807) is 12.1 Å². The molecule has 160 valence electrons. The van der Waals surface area contributed by atoms with Gasteiger partial charge in [0.1, 0.15) is 17.7 Å². The van der Waals surface area contributed by atoms with Crippen LogP contribution in [0.1, 0.15) is 43.7 Å². The molecular weight excluding hydrogens is 376 g/mol. The van der Waals surface area contributed by atoms with Crippen LogP contribution in [-0.4, -0.2) is 52.9 Å². The summed E-state index contributed by atoms with van der Waals surface area (Å²) >= 11 is 0. The fraction of sp³-hybridized carbons (Fsp3) is 0.600. The fourth-order valence-corrected chi connectivity index (χ4v) is 4.29. The first-order chi connectivity index (χ1) is 13.8. The van der Waals surface area contributed by atoms with Crippen molar-refractivity contribution < 1.29 is 24.6 Å². The Morgan fingerprint density at radius 3 is 2.79 bits per heavy atom. The molecule has 3 rings (SSSR count). The highest BCUT2D eigenvalue weighted by Crippen LogP contribution is 2.43. The van der Waals surface area contributed by atoms with Crippen LogP contribution in [0.25, 0.3) is 0 Å². The molecule has 29 heavy (non-hydrogen) atoms. The zero-order valence-corrected chi connectivity index (χ0v) is 16.6.